The lowest BCUT2D eigenvalue weighted by Gasteiger charge is -2.43. The Balaban J connectivity index is 2.03. The number of hydrogen-bond acceptors (Lipinski definition) is 3. The molecular formula is C15H25ClN2S. The Morgan fingerprint density at radius 1 is 1.37 bits per heavy atom. The smallest absolute Gasteiger partial charge is 0.0564 e. The number of likely N-dealkylation sites (tertiary alicyclic amines) is 1. The fraction of sp³-hybridized carbons (Fsp3) is 0.733. The summed E-state index contributed by atoms with van der Waals surface area (Å²) in [5, 5.41) is 2.85. The van der Waals surface area contributed by atoms with E-state index in [0.717, 1.165) is 5.02 Å². The van der Waals surface area contributed by atoms with Gasteiger partial charge in [-0.05, 0) is 37.4 Å². The Morgan fingerprint density at radius 2 is 2.00 bits per heavy atom. The lowest BCUT2D eigenvalue weighted by molar-refractivity contribution is 0.0690. The molecule has 108 valence electrons. The van der Waals surface area contributed by atoms with Crippen molar-refractivity contribution in [2.24, 2.45) is 11.1 Å². The molecule has 0 radical (unpaired) electrons. The van der Waals surface area contributed by atoms with E-state index in [1.807, 2.05) is 5.38 Å². The average Bonchev–Trinajstić information content (AvgIpc) is 2.87. The number of nitrogens with two attached hydrogens (primary N) is 1. The minimum absolute atomic E-state index is 0.351. The summed E-state index contributed by atoms with van der Waals surface area (Å²) < 4.78 is 0. The van der Waals surface area contributed by atoms with Crippen LogP contribution < -0.4 is 5.73 Å². The zero-order valence-corrected chi connectivity index (χ0v) is 13.6. The van der Waals surface area contributed by atoms with Gasteiger partial charge in [0.05, 0.1) is 11.1 Å². The number of halogens is 1. The van der Waals surface area contributed by atoms with Gasteiger partial charge in [-0.2, -0.15) is 0 Å². The summed E-state index contributed by atoms with van der Waals surface area (Å²) in [4.78, 5) is 3.86. The largest absolute Gasteiger partial charge is 0.329 e. The summed E-state index contributed by atoms with van der Waals surface area (Å²) in [6.45, 7) is 7.68. The standard InChI is InChI=1S/C15H25ClN2S/c1-3-15(4-2)5-7-18(8-6-15)13(10-17)14-9-12(16)11-19-14/h9,11,13H,3-8,10,17H2,1-2H3. The van der Waals surface area contributed by atoms with Gasteiger partial charge in [0.15, 0.2) is 0 Å². The van der Waals surface area contributed by atoms with Crippen LogP contribution >= 0.6 is 22.9 Å². The van der Waals surface area contributed by atoms with Gasteiger partial charge in [-0.1, -0.05) is 38.3 Å². The topological polar surface area (TPSA) is 29.3 Å². The SMILES string of the molecule is CCC1(CC)CCN(C(CN)c2cc(Cl)cs2)CC1. The molecule has 0 bridgehead atoms. The number of piperidine rings is 1. The van der Waals surface area contributed by atoms with Crippen molar-refractivity contribution in [3.05, 3.63) is 21.3 Å². The zero-order valence-electron chi connectivity index (χ0n) is 12.0. The predicted octanol–water partition coefficient (Wildman–Crippen LogP) is 4.30. The summed E-state index contributed by atoms with van der Waals surface area (Å²) in [5.74, 6) is 0. The van der Waals surface area contributed by atoms with Crippen molar-refractivity contribution in [2.75, 3.05) is 19.6 Å². The average molecular weight is 301 g/mol. The van der Waals surface area contributed by atoms with E-state index in [-0.39, 0.29) is 0 Å². The van der Waals surface area contributed by atoms with Crippen molar-refractivity contribution < 1.29 is 0 Å². The number of hydrogen-bond donors (Lipinski definition) is 1. The monoisotopic (exact) mass is 300 g/mol. The van der Waals surface area contributed by atoms with Crippen LogP contribution in [0.15, 0.2) is 11.4 Å². The quantitative estimate of drug-likeness (QED) is 0.878. The molecule has 0 amide bonds. The fourth-order valence-corrected chi connectivity index (χ4v) is 4.45. The second-order valence-corrected chi connectivity index (χ2v) is 7.04. The maximum absolute atomic E-state index is 6.04. The zero-order chi connectivity index (χ0) is 13.9. The summed E-state index contributed by atoms with van der Waals surface area (Å²) in [5.41, 5.74) is 6.57. The van der Waals surface area contributed by atoms with Crippen molar-refractivity contribution in [3.63, 3.8) is 0 Å². The summed E-state index contributed by atoms with van der Waals surface area (Å²) in [6, 6.07) is 2.43. The predicted molar refractivity (Wildman–Crippen MR) is 84.9 cm³/mol. The third-order valence-corrected chi connectivity index (χ3v) is 6.32. The lowest BCUT2D eigenvalue weighted by atomic mass is 9.74. The van der Waals surface area contributed by atoms with Crippen LogP contribution in [-0.4, -0.2) is 24.5 Å². The molecular weight excluding hydrogens is 276 g/mol. The van der Waals surface area contributed by atoms with E-state index in [2.05, 4.69) is 24.8 Å². The van der Waals surface area contributed by atoms with E-state index >= 15 is 0 Å². The van der Waals surface area contributed by atoms with Gasteiger partial charge in [0, 0.05) is 16.8 Å². The number of thiophene rings is 1. The van der Waals surface area contributed by atoms with Crippen LogP contribution in [0.4, 0.5) is 0 Å². The highest BCUT2D eigenvalue weighted by Crippen LogP contribution is 2.40. The Hall–Kier alpha value is -0.0900. The molecule has 0 saturated carbocycles. The van der Waals surface area contributed by atoms with E-state index in [0.29, 0.717) is 18.0 Å². The van der Waals surface area contributed by atoms with Crippen molar-refractivity contribution in [3.8, 4) is 0 Å². The first kappa shape index (κ1) is 15.3. The molecule has 1 aliphatic rings. The Labute approximate surface area is 125 Å². The molecule has 0 aliphatic carbocycles. The third kappa shape index (κ3) is 3.33. The highest BCUT2D eigenvalue weighted by Gasteiger charge is 2.33. The van der Waals surface area contributed by atoms with Crippen LogP contribution in [0.5, 0.6) is 0 Å². The van der Waals surface area contributed by atoms with Crippen molar-refractivity contribution >= 4 is 22.9 Å². The Morgan fingerprint density at radius 3 is 2.42 bits per heavy atom. The molecule has 1 unspecified atom stereocenters. The van der Waals surface area contributed by atoms with Crippen LogP contribution in [0.3, 0.4) is 0 Å². The molecule has 1 aliphatic heterocycles. The summed E-state index contributed by atoms with van der Waals surface area (Å²) in [6.07, 6.45) is 5.20. The minimum Gasteiger partial charge on any atom is -0.329 e. The molecule has 1 atom stereocenters. The first-order valence-electron chi connectivity index (χ1n) is 7.32. The van der Waals surface area contributed by atoms with Gasteiger partial charge in [0.1, 0.15) is 0 Å². The molecule has 4 heteroatoms. The van der Waals surface area contributed by atoms with Crippen LogP contribution in [0.1, 0.15) is 50.4 Å². The molecule has 2 nitrogen and oxygen atoms in total. The van der Waals surface area contributed by atoms with Crippen molar-refractivity contribution in [1.82, 2.24) is 4.90 Å². The first-order chi connectivity index (χ1) is 9.14. The van der Waals surface area contributed by atoms with Gasteiger partial charge in [-0.25, -0.2) is 0 Å². The fourth-order valence-electron chi connectivity index (χ4n) is 3.22. The van der Waals surface area contributed by atoms with Gasteiger partial charge in [-0.3, -0.25) is 4.90 Å². The van der Waals surface area contributed by atoms with Crippen LogP contribution in [0.2, 0.25) is 5.02 Å². The minimum atomic E-state index is 0.351. The first-order valence-corrected chi connectivity index (χ1v) is 8.58. The second kappa shape index (κ2) is 6.57. The molecule has 0 aromatic carbocycles. The van der Waals surface area contributed by atoms with E-state index in [1.54, 1.807) is 11.3 Å². The van der Waals surface area contributed by atoms with E-state index in [1.165, 1.54) is 43.6 Å². The second-order valence-electron chi connectivity index (χ2n) is 5.66. The van der Waals surface area contributed by atoms with Gasteiger partial charge in [0.25, 0.3) is 0 Å². The third-order valence-electron chi connectivity index (χ3n) is 4.94. The van der Waals surface area contributed by atoms with E-state index < -0.39 is 0 Å². The molecule has 1 aromatic heterocycles. The molecule has 0 spiro atoms. The number of rotatable bonds is 5. The maximum atomic E-state index is 6.04. The Kier molecular flexibility index (Phi) is 5.29. The van der Waals surface area contributed by atoms with Crippen LogP contribution in [0, 0.1) is 5.41 Å². The lowest BCUT2D eigenvalue weighted by Crippen LogP contribution is -2.43. The molecule has 1 saturated heterocycles. The molecule has 2 rings (SSSR count). The maximum Gasteiger partial charge on any atom is 0.0564 e. The molecule has 2 heterocycles. The Bertz CT molecular complexity index is 391. The highest BCUT2D eigenvalue weighted by atomic mass is 35.5. The molecule has 2 N–H and O–H groups in total. The van der Waals surface area contributed by atoms with Crippen LogP contribution in [0.25, 0.3) is 0 Å². The van der Waals surface area contributed by atoms with Gasteiger partial charge in [0.2, 0.25) is 0 Å². The van der Waals surface area contributed by atoms with Gasteiger partial charge < -0.3 is 5.73 Å². The molecule has 1 aromatic rings. The van der Waals surface area contributed by atoms with Crippen molar-refractivity contribution in [2.45, 2.75) is 45.6 Å². The van der Waals surface area contributed by atoms with E-state index in [9.17, 15) is 0 Å². The van der Waals surface area contributed by atoms with Crippen molar-refractivity contribution in [1.29, 1.82) is 0 Å². The van der Waals surface area contributed by atoms with Gasteiger partial charge >= 0.3 is 0 Å². The summed E-state index contributed by atoms with van der Waals surface area (Å²) >= 11 is 7.78. The molecule has 19 heavy (non-hydrogen) atoms. The van der Waals surface area contributed by atoms with Crippen LogP contribution in [-0.2, 0) is 0 Å². The normalized spacial score (nSPS) is 21.5. The molecule has 1 fully saturated rings. The van der Waals surface area contributed by atoms with E-state index in [4.69, 9.17) is 17.3 Å². The van der Waals surface area contributed by atoms with Gasteiger partial charge in [-0.15, -0.1) is 11.3 Å². The summed E-state index contributed by atoms with van der Waals surface area (Å²) in [7, 11) is 0. The highest BCUT2D eigenvalue weighted by molar-refractivity contribution is 7.10. The number of nitrogens with zero attached hydrogens (tertiary/aromatic N) is 1.